The van der Waals surface area contributed by atoms with Gasteiger partial charge < -0.3 is 5.73 Å². The van der Waals surface area contributed by atoms with Gasteiger partial charge in [-0.3, -0.25) is 0 Å². The topological polar surface area (TPSA) is 26.0 Å². The average molecular weight is 440 g/mol. The Morgan fingerprint density at radius 2 is 2.00 bits per heavy atom. The van der Waals surface area contributed by atoms with Gasteiger partial charge in [-0.05, 0) is 68.3 Å². The Bertz CT molecular complexity index is 591. The highest BCUT2D eigenvalue weighted by Gasteiger charge is 2.16. The maximum absolute atomic E-state index is 13.9. The Hall–Kier alpha value is -0.170. The lowest BCUT2D eigenvalue weighted by Gasteiger charge is -2.14. The van der Waals surface area contributed by atoms with Crippen LogP contribution in [0.2, 0.25) is 5.02 Å². The minimum absolute atomic E-state index is 0.363. The van der Waals surface area contributed by atoms with Crippen molar-refractivity contribution in [3.05, 3.63) is 66.4 Å². The summed E-state index contributed by atoms with van der Waals surface area (Å²) >= 11 is 11.4. The van der Waals surface area contributed by atoms with E-state index in [1.54, 1.807) is 6.07 Å². The molecule has 0 amide bonds. The predicted molar refractivity (Wildman–Crippen MR) is 84.3 cm³/mol. The highest BCUT2D eigenvalue weighted by atomic mass is 127. The van der Waals surface area contributed by atoms with Crippen LogP contribution in [0.3, 0.4) is 0 Å². The molecule has 2 aromatic carbocycles. The molecule has 2 N–H and O–H groups in total. The molecule has 0 fully saturated rings. The van der Waals surface area contributed by atoms with E-state index in [1.807, 2.05) is 24.3 Å². The zero-order valence-corrected chi connectivity index (χ0v) is 13.6. The van der Waals surface area contributed by atoms with Crippen LogP contribution in [0.5, 0.6) is 0 Å². The first-order valence-corrected chi connectivity index (χ1v) is 7.39. The first kappa shape index (κ1) is 14.2. The van der Waals surface area contributed by atoms with Gasteiger partial charge in [-0.2, -0.15) is 0 Å². The molecule has 0 aliphatic carbocycles. The van der Waals surface area contributed by atoms with Crippen molar-refractivity contribution in [2.24, 2.45) is 5.73 Å². The average Bonchev–Trinajstić information content (AvgIpc) is 2.33. The molecule has 2 aromatic rings. The lowest BCUT2D eigenvalue weighted by Crippen LogP contribution is -2.13. The number of benzene rings is 2. The molecule has 2 rings (SSSR count). The van der Waals surface area contributed by atoms with Gasteiger partial charge in [0.25, 0.3) is 0 Å². The van der Waals surface area contributed by atoms with Crippen molar-refractivity contribution >= 4 is 50.1 Å². The van der Waals surface area contributed by atoms with Gasteiger partial charge in [0.05, 0.1) is 11.1 Å². The molecule has 18 heavy (non-hydrogen) atoms. The maximum atomic E-state index is 13.9. The molecule has 0 bridgehead atoms. The number of hydrogen-bond acceptors (Lipinski definition) is 1. The molecule has 0 saturated carbocycles. The van der Waals surface area contributed by atoms with Crippen LogP contribution in [0.4, 0.5) is 4.39 Å². The smallest absolute Gasteiger partial charge is 0.129 e. The van der Waals surface area contributed by atoms with E-state index in [1.165, 1.54) is 6.07 Å². The van der Waals surface area contributed by atoms with Crippen molar-refractivity contribution in [1.82, 2.24) is 0 Å². The summed E-state index contributed by atoms with van der Waals surface area (Å²) in [5.41, 5.74) is 7.34. The summed E-state index contributed by atoms with van der Waals surface area (Å²) in [5.74, 6) is -0.363. The van der Waals surface area contributed by atoms with Gasteiger partial charge >= 0.3 is 0 Å². The number of halogens is 4. The van der Waals surface area contributed by atoms with Crippen LogP contribution in [-0.4, -0.2) is 0 Å². The van der Waals surface area contributed by atoms with E-state index >= 15 is 0 Å². The highest BCUT2D eigenvalue weighted by Crippen LogP contribution is 2.30. The first-order valence-electron chi connectivity index (χ1n) is 5.14. The number of hydrogen-bond donors (Lipinski definition) is 1. The van der Waals surface area contributed by atoms with Gasteiger partial charge in [0.2, 0.25) is 0 Å². The van der Waals surface area contributed by atoms with Crippen molar-refractivity contribution in [3.63, 3.8) is 0 Å². The van der Waals surface area contributed by atoms with Gasteiger partial charge in [0.15, 0.2) is 0 Å². The van der Waals surface area contributed by atoms with Gasteiger partial charge in [-0.25, -0.2) is 4.39 Å². The summed E-state index contributed by atoms with van der Waals surface area (Å²) < 4.78 is 15.5. The molecule has 1 nitrogen and oxygen atoms in total. The molecule has 1 atom stereocenters. The lowest BCUT2D eigenvalue weighted by atomic mass is 9.99. The zero-order chi connectivity index (χ0) is 13.3. The Morgan fingerprint density at radius 3 is 2.67 bits per heavy atom. The zero-order valence-electron chi connectivity index (χ0n) is 9.13. The van der Waals surface area contributed by atoms with E-state index in [-0.39, 0.29) is 5.82 Å². The molecule has 5 heteroatoms. The summed E-state index contributed by atoms with van der Waals surface area (Å²) in [6.07, 6.45) is 0. The molecule has 0 heterocycles. The second kappa shape index (κ2) is 5.86. The quantitative estimate of drug-likeness (QED) is 0.522. The van der Waals surface area contributed by atoms with Crippen LogP contribution in [0.1, 0.15) is 17.2 Å². The third-order valence-electron chi connectivity index (χ3n) is 2.58. The van der Waals surface area contributed by atoms with Crippen LogP contribution in [0.25, 0.3) is 0 Å². The van der Waals surface area contributed by atoms with E-state index in [9.17, 15) is 4.39 Å². The largest absolute Gasteiger partial charge is 0.320 e. The van der Waals surface area contributed by atoms with Crippen molar-refractivity contribution < 1.29 is 4.39 Å². The molecule has 0 radical (unpaired) electrons. The van der Waals surface area contributed by atoms with E-state index in [0.29, 0.717) is 15.1 Å². The standard InChI is InChI=1S/C13H9BrClFIN/c14-10-6-12(16)9(5-11(10)15)13(18)7-2-1-3-8(17)4-7/h1-6,13H,18H2. The van der Waals surface area contributed by atoms with E-state index in [2.05, 4.69) is 38.5 Å². The summed E-state index contributed by atoms with van der Waals surface area (Å²) in [7, 11) is 0. The maximum Gasteiger partial charge on any atom is 0.129 e. The summed E-state index contributed by atoms with van der Waals surface area (Å²) in [4.78, 5) is 0. The van der Waals surface area contributed by atoms with Crippen LogP contribution in [0.15, 0.2) is 40.9 Å². The minimum Gasteiger partial charge on any atom is -0.320 e. The summed E-state index contributed by atoms with van der Waals surface area (Å²) in [6, 6.07) is 10.0. The third-order valence-corrected chi connectivity index (χ3v) is 4.45. The molecular weight excluding hydrogens is 431 g/mol. The molecule has 0 aromatic heterocycles. The predicted octanol–water partition coefficient (Wildman–Crippen LogP) is 4.89. The van der Waals surface area contributed by atoms with Crippen LogP contribution in [-0.2, 0) is 0 Å². The van der Waals surface area contributed by atoms with Gasteiger partial charge in [-0.15, -0.1) is 0 Å². The van der Waals surface area contributed by atoms with Crippen molar-refractivity contribution in [2.75, 3.05) is 0 Å². The Labute approximate surface area is 132 Å². The summed E-state index contributed by atoms with van der Waals surface area (Å²) in [5, 5.41) is 0.451. The first-order chi connectivity index (χ1) is 8.49. The summed E-state index contributed by atoms with van der Waals surface area (Å²) in [6.45, 7) is 0. The fourth-order valence-electron chi connectivity index (χ4n) is 1.66. The highest BCUT2D eigenvalue weighted by molar-refractivity contribution is 14.1. The van der Waals surface area contributed by atoms with Crippen molar-refractivity contribution in [3.8, 4) is 0 Å². The molecule has 94 valence electrons. The fourth-order valence-corrected chi connectivity index (χ4v) is 2.71. The van der Waals surface area contributed by atoms with Gasteiger partial charge in [-0.1, -0.05) is 23.7 Å². The molecule has 1 unspecified atom stereocenters. The normalized spacial score (nSPS) is 12.5. The fraction of sp³-hybridized carbons (Fsp3) is 0.0769. The SMILES string of the molecule is NC(c1cccc(I)c1)c1cc(Cl)c(Br)cc1F. The third kappa shape index (κ3) is 3.04. The lowest BCUT2D eigenvalue weighted by molar-refractivity contribution is 0.599. The molecule has 0 aliphatic heterocycles. The van der Waals surface area contributed by atoms with Crippen LogP contribution < -0.4 is 5.73 Å². The minimum atomic E-state index is -0.523. The van der Waals surface area contributed by atoms with E-state index < -0.39 is 6.04 Å². The van der Waals surface area contributed by atoms with Crippen LogP contribution in [0, 0.1) is 9.39 Å². The Kier molecular flexibility index (Phi) is 4.64. The Morgan fingerprint density at radius 1 is 1.28 bits per heavy atom. The molecule has 0 aliphatic rings. The van der Waals surface area contributed by atoms with E-state index in [4.69, 9.17) is 17.3 Å². The van der Waals surface area contributed by atoms with Gasteiger partial charge in [0, 0.05) is 13.6 Å². The Balaban J connectivity index is 2.46. The molecule has 0 spiro atoms. The second-order valence-electron chi connectivity index (χ2n) is 3.82. The number of rotatable bonds is 2. The monoisotopic (exact) mass is 439 g/mol. The van der Waals surface area contributed by atoms with Crippen molar-refractivity contribution in [2.45, 2.75) is 6.04 Å². The van der Waals surface area contributed by atoms with Gasteiger partial charge in [0.1, 0.15) is 5.82 Å². The number of nitrogens with two attached hydrogens (primary N) is 1. The molecule has 0 saturated heterocycles. The van der Waals surface area contributed by atoms with E-state index in [0.717, 1.165) is 9.13 Å². The molecular formula is C13H9BrClFIN. The van der Waals surface area contributed by atoms with Crippen molar-refractivity contribution in [1.29, 1.82) is 0 Å². The van der Waals surface area contributed by atoms with Crippen LogP contribution >= 0.6 is 50.1 Å². The second-order valence-corrected chi connectivity index (χ2v) is 6.33.